The molecule has 5 rings (SSSR count). The molecule has 168 valence electrons. The van der Waals surface area contributed by atoms with Crippen LogP contribution >= 0.6 is 11.3 Å². The highest BCUT2D eigenvalue weighted by Crippen LogP contribution is 2.29. The Hall–Kier alpha value is -3.42. The molecule has 3 heterocycles. The molecule has 0 saturated carbocycles. The van der Waals surface area contributed by atoms with Crippen molar-refractivity contribution in [3.8, 4) is 0 Å². The SMILES string of the molecule is O=C(CN1CCC(c2cc3ccccc3[nH]2)CC1)Nc1ccc(NC(=O)c2cccs2)cc1. The first-order valence-electron chi connectivity index (χ1n) is 11.2. The lowest BCUT2D eigenvalue weighted by Crippen LogP contribution is -2.38. The molecule has 0 radical (unpaired) electrons. The minimum Gasteiger partial charge on any atom is -0.358 e. The standard InChI is InChI=1S/C26H26N4O2S/c31-25(27-20-7-9-21(10-8-20)28-26(32)24-6-3-15-33-24)17-30-13-11-18(12-14-30)23-16-19-4-1-2-5-22(19)29-23/h1-10,15-16,18,29H,11-14,17H2,(H,27,31)(H,28,32). The van der Waals surface area contributed by atoms with E-state index in [9.17, 15) is 9.59 Å². The van der Waals surface area contributed by atoms with Gasteiger partial charge in [-0.3, -0.25) is 14.5 Å². The number of para-hydroxylation sites is 1. The predicted octanol–water partition coefficient (Wildman–Crippen LogP) is 5.30. The number of carbonyl (C=O) groups is 2. The normalized spacial score (nSPS) is 14.9. The molecule has 0 atom stereocenters. The molecule has 2 aromatic heterocycles. The lowest BCUT2D eigenvalue weighted by Gasteiger charge is -2.31. The Morgan fingerprint density at radius 2 is 1.67 bits per heavy atom. The number of anilines is 2. The van der Waals surface area contributed by atoms with E-state index in [0.29, 0.717) is 23.0 Å². The van der Waals surface area contributed by atoms with Crippen LogP contribution in [0.25, 0.3) is 10.9 Å². The van der Waals surface area contributed by atoms with E-state index in [2.05, 4.69) is 50.8 Å². The third-order valence-electron chi connectivity index (χ3n) is 6.12. The van der Waals surface area contributed by atoms with Crippen LogP contribution in [0.15, 0.2) is 72.1 Å². The van der Waals surface area contributed by atoms with Crippen LogP contribution in [-0.2, 0) is 4.79 Å². The van der Waals surface area contributed by atoms with E-state index in [1.807, 2.05) is 23.6 Å². The number of likely N-dealkylation sites (tertiary alicyclic amines) is 1. The zero-order valence-corrected chi connectivity index (χ0v) is 19.0. The monoisotopic (exact) mass is 458 g/mol. The zero-order chi connectivity index (χ0) is 22.6. The van der Waals surface area contributed by atoms with E-state index in [4.69, 9.17) is 0 Å². The third-order valence-corrected chi connectivity index (χ3v) is 6.99. The first kappa shape index (κ1) is 21.4. The summed E-state index contributed by atoms with van der Waals surface area (Å²) in [7, 11) is 0. The summed E-state index contributed by atoms with van der Waals surface area (Å²) in [5, 5.41) is 8.95. The Morgan fingerprint density at radius 1 is 0.939 bits per heavy atom. The highest BCUT2D eigenvalue weighted by Gasteiger charge is 2.23. The highest BCUT2D eigenvalue weighted by atomic mass is 32.1. The average molecular weight is 459 g/mol. The van der Waals surface area contributed by atoms with Crippen molar-refractivity contribution in [3.63, 3.8) is 0 Å². The molecule has 4 aromatic rings. The second kappa shape index (κ2) is 9.60. The molecule has 1 aliphatic rings. The zero-order valence-electron chi connectivity index (χ0n) is 18.2. The van der Waals surface area contributed by atoms with Crippen LogP contribution in [0.3, 0.4) is 0 Å². The summed E-state index contributed by atoms with van der Waals surface area (Å²) in [6.07, 6.45) is 2.08. The fourth-order valence-corrected chi connectivity index (χ4v) is 4.98. The van der Waals surface area contributed by atoms with E-state index in [0.717, 1.165) is 31.6 Å². The van der Waals surface area contributed by atoms with Gasteiger partial charge in [-0.05, 0) is 79.2 Å². The fourth-order valence-electron chi connectivity index (χ4n) is 4.36. The summed E-state index contributed by atoms with van der Waals surface area (Å²) in [5.41, 5.74) is 3.91. The topological polar surface area (TPSA) is 77.2 Å². The number of nitrogens with one attached hydrogen (secondary N) is 3. The van der Waals surface area contributed by atoms with Gasteiger partial charge in [-0.2, -0.15) is 0 Å². The molecule has 2 amide bonds. The van der Waals surface area contributed by atoms with Gasteiger partial charge >= 0.3 is 0 Å². The molecule has 1 saturated heterocycles. The number of piperidine rings is 1. The molecule has 0 aliphatic carbocycles. The van der Waals surface area contributed by atoms with Gasteiger partial charge in [0, 0.05) is 28.5 Å². The predicted molar refractivity (Wildman–Crippen MR) is 134 cm³/mol. The van der Waals surface area contributed by atoms with Gasteiger partial charge in [-0.15, -0.1) is 11.3 Å². The Balaban J connectivity index is 1.09. The molecule has 0 bridgehead atoms. The summed E-state index contributed by atoms with van der Waals surface area (Å²) >= 11 is 1.40. The minimum absolute atomic E-state index is 0.0190. The summed E-state index contributed by atoms with van der Waals surface area (Å²) in [6, 6.07) is 21.5. The van der Waals surface area contributed by atoms with Crippen LogP contribution in [0.2, 0.25) is 0 Å². The molecule has 7 heteroatoms. The van der Waals surface area contributed by atoms with Gasteiger partial charge in [0.05, 0.1) is 11.4 Å². The number of nitrogens with zero attached hydrogens (tertiary/aromatic N) is 1. The summed E-state index contributed by atoms with van der Waals surface area (Å²) < 4.78 is 0. The van der Waals surface area contributed by atoms with Crippen LogP contribution in [0.5, 0.6) is 0 Å². The second-order valence-corrected chi connectivity index (χ2v) is 9.37. The number of carbonyl (C=O) groups excluding carboxylic acids is 2. The third kappa shape index (κ3) is 5.16. The molecule has 0 spiro atoms. The number of aromatic amines is 1. The first-order chi connectivity index (χ1) is 16.1. The number of hydrogen-bond acceptors (Lipinski definition) is 4. The maximum absolute atomic E-state index is 12.5. The van der Waals surface area contributed by atoms with Crippen molar-refractivity contribution in [3.05, 3.63) is 82.7 Å². The lowest BCUT2D eigenvalue weighted by atomic mass is 9.93. The van der Waals surface area contributed by atoms with Gasteiger partial charge in [0.2, 0.25) is 5.91 Å². The molecule has 0 unspecified atom stereocenters. The van der Waals surface area contributed by atoms with Crippen molar-refractivity contribution in [1.82, 2.24) is 9.88 Å². The number of amides is 2. The summed E-state index contributed by atoms with van der Waals surface area (Å²) in [5.74, 6) is 0.362. The van der Waals surface area contributed by atoms with Crippen LogP contribution in [0.1, 0.15) is 34.1 Å². The van der Waals surface area contributed by atoms with Gasteiger partial charge in [-0.25, -0.2) is 0 Å². The van der Waals surface area contributed by atoms with Crippen molar-refractivity contribution < 1.29 is 9.59 Å². The quantitative estimate of drug-likeness (QED) is 0.367. The van der Waals surface area contributed by atoms with Gasteiger partial charge < -0.3 is 15.6 Å². The molecule has 3 N–H and O–H groups in total. The number of fused-ring (bicyclic) bond motifs is 1. The minimum atomic E-state index is -0.127. The summed E-state index contributed by atoms with van der Waals surface area (Å²) in [4.78, 5) is 31.1. The molecule has 2 aromatic carbocycles. The number of hydrogen-bond donors (Lipinski definition) is 3. The van der Waals surface area contributed by atoms with Gasteiger partial charge in [0.25, 0.3) is 5.91 Å². The van der Waals surface area contributed by atoms with Crippen molar-refractivity contribution in [2.24, 2.45) is 0 Å². The van der Waals surface area contributed by atoms with E-state index < -0.39 is 0 Å². The van der Waals surface area contributed by atoms with E-state index >= 15 is 0 Å². The molecule has 33 heavy (non-hydrogen) atoms. The van der Waals surface area contributed by atoms with Gasteiger partial charge in [-0.1, -0.05) is 24.3 Å². The van der Waals surface area contributed by atoms with Crippen molar-refractivity contribution in [2.45, 2.75) is 18.8 Å². The average Bonchev–Trinajstić information content (AvgIpc) is 3.51. The maximum Gasteiger partial charge on any atom is 0.265 e. The van der Waals surface area contributed by atoms with Crippen molar-refractivity contribution in [2.75, 3.05) is 30.3 Å². The molecule has 1 fully saturated rings. The molecule has 6 nitrogen and oxygen atoms in total. The largest absolute Gasteiger partial charge is 0.358 e. The highest BCUT2D eigenvalue weighted by molar-refractivity contribution is 7.12. The molecular weight excluding hydrogens is 432 g/mol. The van der Waals surface area contributed by atoms with Crippen LogP contribution in [0, 0.1) is 0 Å². The van der Waals surface area contributed by atoms with Crippen LogP contribution in [-0.4, -0.2) is 41.3 Å². The smallest absolute Gasteiger partial charge is 0.265 e. The first-order valence-corrected chi connectivity index (χ1v) is 12.1. The number of aromatic nitrogens is 1. The number of benzene rings is 2. The number of H-pyrrole nitrogens is 1. The lowest BCUT2D eigenvalue weighted by molar-refractivity contribution is -0.117. The maximum atomic E-state index is 12.5. The van der Waals surface area contributed by atoms with Crippen molar-refractivity contribution >= 4 is 45.4 Å². The van der Waals surface area contributed by atoms with E-state index in [1.54, 1.807) is 18.2 Å². The Kier molecular flexibility index (Phi) is 6.24. The van der Waals surface area contributed by atoms with Crippen molar-refractivity contribution in [1.29, 1.82) is 0 Å². The second-order valence-electron chi connectivity index (χ2n) is 8.42. The molecule has 1 aliphatic heterocycles. The molecular formula is C26H26N4O2S. The van der Waals surface area contributed by atoms with Gasteiger partial charge in [0.1, 0.15) is 0 Å². The van der Waals surface area contributed by atoms with E-state index in [-0.39, 0.29) is 11.8 Å². The van der Waals surface area contributed by atoms with Gasteiger partial charge in [0.15, 0.2) is 0 Å². The Morgan fingerprint density at radius 3 is 2.36 bits per heavy atom. The van der Waals surface area contributed by atoms with Crippen LogP contribution < -0.4 is 10.6 Å². The summed E-state index contributed by atoms with van der Waals surface area (Å²) in [6.45, 7) is 2.19. The number of rotatable bonds is 6. The Labute approximate surface area is 196 Å². The van der Waals surface area contributed by atoms with Crippen LogP contribution in [0.4, 0.5) is 11.4 Å². The number of thiophene rings is 1. The van der Waals surface area contributed by atoms with E-state index in [1.165, 1.54) is 27.9 Å². The Bertz CT molecular complexity index is 1210. The fraction of sp³-hybridized carbons (Fsp3) is 0.231.